The molecule has 0 aliphatic rings. The van der Waals surface area contributed by atoms with Gasteiger partial charge in [0.15, 0.2) is 0 Å². The van der Waals surface area contributed by atoms with Crippen molar-refractivity contribution in [1.82, 2.24) is 0 Å². The number of ether oxygens (including phenoxy) is 1. The molecule has 0 saturated carbocycles. The number of nitro benzene ring substituents is 1. The second-order valence-corrected chi connectivity index (χ2v) is 4.82. The molecule has 0 atom stereocenters. The highest BCUT2D eigenvalue weighted by atomic mass is 32.2. The Bertz CT molecular complexity index is 399. The summed E-state index contributed by atoms with van der Waals surface area (Å²) < 4.78 is 4.97. The lowest BCUT2D eigenvalue weighted by atomic mass is 10.1. The lowest BCUT2D eigenvalue weighted by molar-refractivity contribution is -0.384. The van der Waals surface area contributed by atoms with Crippen LogP contribution in [0.4, 0.5) is 11.4 Å². The molecule has 100 valence electrons. The molecule has 1 N–H and O–H groups in total. The SMILES string of the molecule is CNc1c(CSCCCOC)cccc1[N+](=O)[O-]. The van der Waals surface area contributed by atoms with E-state index in [1.165, 1.54) is 6.07 Å². The van der Waals surface area contributed by atoms with Gasteiger partial charge in [-0.25, -0.2) is 0 Å². The maximum atomic E-state index is 10.9. The number of hydrogen-bond donors (Lipinski definition) is 1. The van der Waals surface area contributed by atoms with E-state index < -0.39 is 0 Å². The fourth-order valence-electron chi connectivity index (χ4n) is 1.64. The molecule has 1 rings (SSSR count). The predicted octanol–water partition coefficient (Wildman–Crippen LogP) is 2.91. The summed E-state index contributed by atoms with van der Waals surface area (Å²) in [5.41, 5.74) is 1.71. The van der Waals surface area contributed by atoms with E-state index in [0.717, 1.165) is 30.1 Å². The van der Waals surface area contributed by atoms with Crippen molar-refractivity contribution in [3.63, 3.8) is 0 Å². The average molecular weight is 270 g/mol. The molecule has 0 aliphatic heterocycles. The molecule has 18 heavy (non-hydrogen) atoms. The molecule has 1 aromatic carbocycles. The third-order valence-corrected chi connectivity index (χ3v) is 3.56. The molecule has 0 spiro atoms. The van der Waals surface area contributed by atoms with Crippen LogP contribution >= 0.6 is 11.8 Å². The van der Waals surface area contributed by atoms with Crippen molar-refractivity contribution < 1.29 is 9.66 Å². The molecule has 0 unspecified atom stereocenters. The van der Waals surface area contributed by atoms with Gasteiger partial charge in [0.2, 0.25) is 0 Å². The van der Waals surface area contributed by atoms with Gasteiger partial charge < -0.3 is 10.1 Å². The van der Waals surface area contributed by atoms with Gasteiger partial charge in [-0.05, 0) is 17.7 Å². The van der Waals surface area contributed by atoms with E-state index in [2.05, 4.69) is 5.32 Å². The van der Waals surface area contributed by atoms with E-state index in [1.54, 1.807) is 32.0 Å². The van der Waals surface area contributed by atoms with Crippen LogP contribution in [0.15, 0.2) is 18.2 Å². The molecule has 0 heterocycles. The number of nitro groups is 1. The zero-order chi connectivity index (χ0) is 13.4. The highest BCUT2D eigenvalue weighted by Gasteiger charge is 2.15. The maximum absolute atomic E-state index is 10.9. The fourth-order valence-corrected chi connectivity index (χ4v) is 2.56. The van der Waals surface area contributed by atoms with Crippen LogP contribution in [-0.4, -0.2) is 31.4 Å². The summed E-state index contributed by atoms with van der Waals surface area (Å²) >= 11 is 1.75. The Hall–Kier alpha value is -1.27. The molecule has 6 heteroatoms. The molecule has 0 bridgehead atoms. The molecular formula is C12H18N2O3S. The molecular weight excluding hydrogens is 252 g/mol. The molecule has 0 fully saturated rings. The van der Waals surface area contributed by atoms with Crippen LogP contribution in [0.1, 0.15) is 12.0 Å². The first kappa shape index (κ1) is 14.8. The van der Waals surface area contributed by atoms with Gasteiger partial charge in [-0.2, -0.15) is 11.8 Å². The van der Waals surface area contributed by atoms with Crippen LogP contribution in [0.3, 0.4) is 0 Å². The maximum Gasteiger partial charge on any atom is 0.292 e. The number of rotatable bonds is 8. The van der Waals surface area contributed by atoms with Crippen molar-refractivity contribution >= 4 is 23.1 Å². The topological polar surface area (TPSA) is 64.4 Å². The Morgan fingerprint density at radius 2 is 2.28 bits per heavy atom. The normalized spacial score (nSPS) is 10.3. The number of hydrogen-bond acceptors (Lipinski definition) is 5. The molecule has 1 aromatic rings. The van der Waals surface area contributed by atoms with Gasteiger partial charge in [-0.3, -0.25) is 10.1 Å². The second-order valence-electron chi connectivity index (χ2n) is 3.72. The third-order valence-electron chi connectivity index (χ3n) is 2.47. The first-order chi connectivity index (χ1) is 8.70. The van der Waals surface area contributed by atoms with Gasteiger partial charge >= 0.3 is 0 Å². The summed E-state index contributed by atoms with van der Waals surface area (Å²) in [5.74, 6) is 1.75. The Labute approximate surface area is 111 Å². The zero-order valence-corrected chi connectivity index (χ0v) is 11.5. The summed E-state index contributed by atoms with van der Waals surface area (Å²) in [6.45, 7) is 0.751. The summed E-state index contributed by atoms with van der Waals surface area (Å²) in [6.07, 6.45) is 0.991. The van der Waals surface area contributed by atoms with Gasteiger partial charge in [-0.1, -0.05) is 12.1 Å². The van der Waals surface area contributed by atoms with Crippen molar-refractivity contribution in [2.24, 2.45) is 0 Å². The lowest BCUT2D eigenvalue weighted by Crippen LogP contribution is -2.00. The smallest absolute Gasteiger partial charge is 0.292 e. The quantitative estimate of drug-likeness (QED) is 0.447. The van der Waals surface area contributed by atoms with E-state index in [-0.39, 0.29) is 10.6 Å². The predicted molar refractivity (Wildman–Crippen MR) is 75.3 cm³/mol. The first-order valence-electron chi connectivity index (χ1n) is 5.71. The average Bonchev–Trinajstić information content (AvgIpc) is 2.38. The minimum absolute atomic E-state index is 0.132. The number of para-hydroxylation sites is 1. The third kappa shape index (κ3) is 4.19. The van der Waals surface area contributed by atoms with Gasteiger partial charge in [-0.15, -0.1) is 0 Å². The summed E-state index contributed by atoms with van der Waals surface area (Å²) in [7, 11) is 3.39. The van der Waals surface area contributed by atoms with Crippen LogP contribution in [0, 0.1) is 10.1 Å². The number of nitrogens with zero attached hydrogens (tertiary/aromatic N) is 1. The molecule has 0 aliphatic carbocycles. The lowest BCUT2D eigenvalue weighted by Gasteiger charge is -2.09. The van der Waals surface area contributed by atoms with Crippen molar-refractivity contribution in [3.05, 3.63) is 33.9 Å². The standard InChI is InChI=1S/C12H18N2O3S/c1-13-12-10(9-18-8-4-7-17-2)5-3-6-11(12)14(15)16/h3,5-6,13H,4,7-9H2,1-2H3. The van der Waals surface area contributed by atoms with Gasteiger partial charge in [0.05, 0.1) is 4.92 Å². The number of benzene rings is 1. The monoisotopic (exact) mass is 270 g/mol. The van der Waals surface area contributed by atoms with Crippen molar-refractivity contribution in [2.45, 2.75) is 12.2 Å². The van der Waals surface area contributed by atoms with Gasteiger partial charge in [0.1, 0.15) is 5.69 Å². The highest BCUT2D eigenvalue weighted by Crippen LogP contribution is 2.30. The fraction of sp³-hybridized carbons (Fsp3) is 0.500. The van der Waals surface area contributed by atoms with Crippen molar-refractivity contribution in [2.75, 3.05) is 31.8 Å². The Morgan fingerprint density at radius 1 is 1.50 bits per heavy atom. The van der Waals surface area contributed by atoms with Crippen LogP contribution in [0.2, 0.25) is 0 Å². The van der Waals surface area contributed by atoms with E-state index in [1.807, 2.05) is 6.07 Å². The van der Waals surface area contributed by atoms with Crippen LogP contribution in [0.25, 0.3) is 0 Å². The van der Waals surface area contributed by atoms with Crippen molar-refractivity contribution in [3.8, 4) is 0 Å². The van der Waals surface area contributed by atoms with E-state index >= 15 is 0 Å². The minimum atomic E-state index is -0.356. The number of anilines is 1. The van der Waals surface area contributed by atoms with E-state index in [9.17, 15) is 10.1 Å². The van der Waals surface area contributed by atoms with E-state index in [0.29, 0.717) is 5.69 Å². The van der Waals surface area contributed by atoms with Crippen LogP contribution < -0.4 is 5.32 Å². The number of nitrogens with one attached hydrogen (secondary N) is 1. The Kier molecular flexibility index (Phi) is 6.53. The second kappa shape index (κ2) is 7.94. The Balaban J connectivity index is 2.64. The molecule has 0 saturated heterocycles. The first-order valence-corrected chi connectivity index (χ1v) is 6.87. The minimum Gasteiger partial charge on any atom is -0.385 e. The molecule has 0 aromatic heterocycles. The van der Waals surface area contributed by atoms with Gasteiger partial charge in [0.25, 0.3) is 5.69 Å². The Morgan fingerprint density at radius 3 is 2.89 bits per heavy atom. The number of thioether (sulfide) groups is 1. The summed E-state index contributed by atoms with van der Waals surface area (Å²) in [6, 6.07) is 5.16. The van der Waals surface area contributed by atoms with Gasteiger partial charge in [0, 0.05) is 32.6 Å². The van der Waals surface area contributed by atoms with E-state index in [4.69, 9.17) is 4.74 Å². The largest absolute Gasteiger partial charge is 0.385 e. The van der Waals surface area contributed by atoms with Crippen LogP contribution in [-0.2, 0) is 10.5 Å². The number of methoxy groups -OCH3 is 1. The van der Waals surface area contributed by atoms with Crippen LogP contribution in [0.5, 0.6) is 0 Å². The molecule has 0 radical (unpaired) electrons. The zero-order valence-electron chi connectivity index (χ0n) is 10.6. The summed E-state index contributed by atoms with van der Waals surface area (Å²) in [5, 5.41) is 13.8. The van der Waals surface area contributed by atoms with Crippen molar-refractivity contribution in [1.29, 1.82) is 0 Å². The summed E-state index contributed by atoms with van der Waals surface area (Å²) in [4.78, 5) is 10.5. The molecule has 0 amide bonds. The molecule has 5 nitrogen and oxygen atoms in total. The highest BCUT2D eigenvalue weighted by molar-refractivity contribution is 7.98.